The summed E-state index contributed by atoms with van der Waals surface area (Å²) in [5.74, 6) is 0.688. The molecular formula is C15H29NO2. The van der Waals surface area contributed by atoms with Gasteiger partial charge in [-0.2, -0.15) is 0 Å². The van der Waals surface area contributed by atoms with Gasteiger partial charge in [0.25, 0.3) is 0 Å². The number of rotatable bonds is 3. The molecule has 0 bridgehead atoms. The monoisotopic (exact) mass is 255 g/mol. The molecular weight excluding hydrogens is 226 g/mol. The van der Waals surface area contributed by atoms with Crippen molar-refractivity contribution in [3.63, 3.8) is 0 Å². The summed E-state index contributed by atoms with van der Waals surface area (Å²) < 4.78 is 5.89. The number of hydrogen-bond donors (Lipinski definition) is 2. The lowest BCUT2D eigenvalue weighted by atomic mass is 9.63. The normalized spacial score (nSPS) is 49.5. The van der Waals surface area contributed by atoms with Crippen LogP contribution >= 0.6 is 0 Å². The Balaban J connectivity index is 2.23. The average Bonchev–Trinajstić information content (AvgIpc) is 2.72. The first-order chi connectivity index (χ1) is 8.39. The van der Waals surface area contributed by atoms with Crippen LogP contribution in [0, 0.1) is 11.3 Å². The van der Waals surface area contributed by atoms with E-state index >= 15 is 0 Å². The lowest BCUT2D eigenvalue weighted by Gasteiger charge is -2.52. The van der Waals surface area contributed by atoms with Gasteiger partial charge in [-0.3, -0.25) is 0 Å². The predicted molar refractivity (Wildman–Crippen MR) is 73.3 cm³/mol. The summed E-state index contributed by atoms with van der Waals surface area (Å²) in [5, 5.41) is 11.2. The molecule has 0 amide bonds. The van der Waals surface area contributed by atoms with Crippen LogP contribution in [-0.2, 0) is 4.74 Å². The molecule has 4 atom stereocenters. The summed E-state index contributed by atoms with van der Waals surface area (Å²) in [5.41, 5.74) is 5.19. The first-order valence-corrected chi connectivity index (χ1v) is 7.45. The molecule has 3 nitrogen and oxygen atoms in total. The van der Waals surface area contributed by atoms with Crippen molar-refractivity contribution in [1.29, 1.82) is 0 Å². The lowest BCUT2D eigenvalue weighted by Crippen LogP contribution is -2.58. The Morgan fingerprint density at radius 1 is 1.39 bits per heavy atom. The van der Waals surface area contributed by atoms with Crippen molar-refractivity contribution in [3.8, 4) is 0 Å². The van der Waals surface area contributed by atoms with Gasteiger partial charge in [0.1, 0.15) is 0 Å². The van der Waals surface area contributed by atoms with Gasteiger partial charge in [0.2, 0.25) is 0 Å². The molecule has 2 aliphatic rings. The molecule has 1 saturated heterocycles. The molecule has 2 fully saturated rings. The maximum Gasteiger partial charge on any atom is 0.0765 e. The van der Waals surface area contributed by atoms with E-state index in [0.29, 0.717) is 19.1 Å². The maximum absolute atomic E-state index is 11.2. The molecule has 3 N–H and O–H groups in total. The first-order valence-electron chi connectivity index (χ1n) is 7.45. The van der Waals surface area contributed by atoms with Crippen LogP contribution in [0.2, 0.25) is 0 Å². The van der Waals surface area contributed by atoms with E-state index in [1.165, 1.54) is 6.42 Å². The fourth-order valence-electron chi connectivity index (χ4n) is 4.10. The van der Waals surface area contributed by atoms with Gasteiger partial charge in [-0.25, -0.2) is 0 Å². The minimum absolute atomic E-state index is 0.0768. The third kappa shape index (κ3) is 2.21. The zero-order valence-electron chi connectivity index (χ0n) is 12.2. The van der Waals surface area contributed by atoms with Gasteiger partial charge >= 0.3 is 0 Å². The Kier molecular flexibility index (Phi) is 3.79. The van der Waals surface area contributed by atoms with E-state index in [4.69, 9.17) is 10.5 Å². The molecule has 0 aromatic heterocycles. The van der Waals surface area contributed by atoms with Gasteiger partial charge < -0.3 is 15.6 Å². The summed E-state index contributed by atoms with van der Waals surface area (Å²) in [7, 11) is 0. The third-order valence-electron chi connectivity index (χ3n) is 5.61. The Morgan fingerprint density at radius 3 is 2.61 bits per heavy atom. The number of ether oxygens (including phenoxy) is 1. The van der Waals surface area contributed by atoms with E-state index in [1.807, 2.05) is 0 Å². The van der Waals surface area contributed by atoms with Gasteiger partial charge in [0.15, 0.2) is 0 Å². The van der Waals surface area contributed by atoms with E-state index in [-0.39, 0.29) is 11.0 Å². The Hall–Kier alpha value is -0.120. The zero-order valence-corrected chi connectivity index (χ0v) is 12.2. The Bertz CT molecular complexity index is 309. The van der Waals surface area contributed by atoms with E-state index in [0.717, 1.165) is 32.1 Å². The van der Waals surface area contributed by atoms with Crippen molar-refractivity contribution in [2.75, 3.05) is 13.2 Å². The molecule has 2 rings (SSSR count). The molecule has 18 heavy (non-hydrogen) atoms. The minimum atomic E-state index is -0.629. The van der Waals surface area contributed by atoms with Crippen LogP contribution in [0.4, 0.5) is 0 Å². The van der Waals surface area contributed by atoms with Gasteiger partial charge in [-0.15, -0.1) is 0 Å². The van der Waals surface area contributed by atoms with Crippen LogP contribution in [0.1, 0.15) is 59.3 Å². The maximum atomic E-state index is 11.2. The van der Waals surface area contributed by atoms with E-state index in [1.54, 1.807) is 0 Å². The average molecular weight is 255 g/mol. The van der Waals surface area contributed by atoms with Crippen molar-refractivity contribution in [1.82, 2.24) is 0 Å². The van der Waals surface area contributed by atoms with E-state index < -0.39 is 5.60 Å². The fraction of sp³-hybridized carbons (Fsp3) is 1.00. The summed E-state index contributed by atoms with van der Waals surface area (Å²) >= 11 is 0. The molecule has 3 heteroatoms. The van der Waals surface area contributed by atoms with Crippen LogP contribution in [0.3, 0.4) is 0 Å². The summed E-state index contributed by atoms with van der Waals surface area (Å²) in [6, 6.07) is 0. The van der Waals surface area contributed by atoms with E-state index in [2.05, 4.69) is 20.8 Å². The lowest BCUT2D eigenvalue weighted by molar-refractivity contribution is -0.199. The van der Waals surface area contributed by atoms with Crippen molar-refractivity contribution in [2.24, 2.45) is 17.1 Å². The number of nitrogens with two attached hydrogens (primary N) is 1. The quantitative estimate of drug-likeness (QED) is 0.814. The van der Waals surface area contributed by atoms with Crippen molar-refractivity contribution >= 4 is 0 Å². The highest BCUT2D eigenvalue weighted by Gasteiger charge is 2.56. The molecule has 0 spiro atoms. The van der Waals surface area contributed by atoms with Gasteiger partial charge in [0.05, 0.1) is 17.8 Å². The van der Waals surface area contributed by atoms with Crippen molar-refractivity contribution < 1.29 is 9.84 Å². The molecule has 1 aliphatic carbocycles. The molecule has 1 saturated carbocycles. The van der Waals surface area contributed by atoms with Crippen LogP contribution in [0.15, 0.2) is 0 Å². The predicted octanol–water partition coefficient (Wildman–Crippen LogP) is 2.46. The van der Waals surface area contributed by atoms with E-state index in [9.17, 15) is 5.11 Å². The van der Waals surface area contributed by atoms with Crippen LogP contribution in [-0.4, -0.2) is 29.5 Å². The molecule has 0 aromatic rings. The standard InChI is InChI=1S/C15H29NO2/c1-4-13(3)10-15(17,7-8-18-13)14(11-16)6-5-12(2)9-14/h12,17H,4-11,16H2,1-3H3. The van der Waals surface area contributed by atoms with Gasteiger partial charge in [-0.05, 0) is 32.1 Å². The highest BCUT2D eigenvalue weighted by atomic mass is 16.5. The van der Waals surface area contributed by atoms with Crippen LogP contribution in [0.5, 0.6) is 0 Å². The second kappa shape index (κ2) is 4.77. The van der Waals surface area contributed by atoms with Crippen molar-refractivity contribution in [3.05, 3.63) is 0 Å². The number of hydrogen-bond acceptors (Lipinski definition) is 3. The molecule has 1 heterocycles. The smallest absolute Gasteiger partial charge is 0.0765 e. The van der Waals surface area contributed by atoms with Gasteiger partial charge in [0, 0.05) is 24.8 Å². The second-order valence-corrected chi connectivity index (χ2v) is 6.94. The van der Waals surface area contributed by atoms with Gasteiger partial charge in [-0.1, -0.05) is 20.3 Å². The van der Waals surface area contributed by atoms with Crippen LogP contribution in [0.25, 0.3) is 0 Å². The molecule has 0 radical (unpaired) electrons. The Labute approximate surface area is 111 Å². The summed E-state index contributed by atoms with van der Waals surface area (Å²) in [6.07, 6.45) is 5.77. The molecule has 0 aromatic carbocycles. The molecule has 1 aliphatic heterocycles. The number of aliphatic hydroxyl groups is 1. The third-order valence-corrected chi connectivity index (χ3v) is 5.61. The summed E-state index contributed by atoms with van der Waals surface area (Å²) in [6.45, 7) is 7.81. The highest BCUT2D eigenvalue weighted by molar-refractivity contribution is 5.07. The zero-order chi connectivity index (χ0) is 13.4. The van der Waals surface area contributed by atoms with Crippen LogP contribution < -0.4 is 5.73 Å². The Morgan fingerprint density at radius 2 is 2.11 bits per heavy atom. The highest BCUT2D eigenvalue weighted by Crippen LogP contribution is 2.54. The minimum Gasteiger partial charge on any atom is -0.389 e. The molecule has 4 unspecified atom stereocenters. The van der Waals surface area contributed by atoms with Crippen molar-refractivity contribution in [2.45, 2.75) is 70.5 Å². The topological polar surface area (TPSA) is 55.5 Å². The first kappa shape index (κ1) is 14.3. The second-order valence-electron chi connectivity index (χ2n) is 6.94. The molecule has 106 valence electrons. The fourth-order valence-corrected chi connectivity index (χ4v) is 4.10. The summed E-state index contributed by atoms with van der Waals surface area (Å²) in [4.78, 5) is 0. The SMILES string of the molecule is CCC1(C)CC(O)(C2(CN)CCC(C)C2)CCO1. The largest absolute Gasteiger partial charge is 0.389 e.